The minimum absolute atomic E-state index is 0.0845. The van der Waals surface area contributed by atoms with Crippen molar-refractivity contribution in [2.24, 2.45) is 5.92 Å². The number of hydrogen-bond acceptors (Lipinski definition) is 4. The Morgan fingerprint density at radius 1 is 1.36 bits per heavy atom. The van der Waals surface area contributed by atoms with Crippen LogP contribution >= 0.6 is 28.1 Å². The largest absolute Gasteiger partial charge is 0.331 e. The zero-order valence-corrected chi connectivity index (χ0v) is 14.9. The molecule has 1 fully saturated rings. The zero-order valence-electron chi connectivity index (χ0n) is 11.6. The van der Waals surface area contributed by atoms with Gasteiger partial charge in [-0.15, -0.1) is 0 Å². The van der Waals surface area contributed by atoms with Gasteiger partial charge in [-0.1, -0.05) is 22.0 Å². The highest BCUT2D eigenvalue weighted by Gasteiger charge is 2.29. The van der Waals surface area contributed by atoms with Gasteiger partial charge in [0.2, 0.25) is 5.91 Å². The molecule has 1 heterocycles. The number of thiocarbonyl (C=S) groups is 1. The minimum Gasteiger partial charge on any atom is -0.331 e. The number of halogens is 1. The number of hydrogen-bond donors (Lipinski definition) is 3. The average molecular weight is 406 g/mol. The maximum Gasteiger partial charge on any atom is 0.238 e. The van der Waals surface area contributed by atoms with E-state index in [1.54, 1.807) is 0 Å². The summed E-state index contributed by atoms with van der Waals surface area (Å²) in [5.41, 5.74) is 5.85. The van der Waals surface area contributed by atoms with Gasteiger partial charge in [0.15, 0.2) is 14.9 Å². The van der Waals surface area contributed by atoms with Crippen molar-refractivity contribution in [3.05, 3.63) is 28.7 Å². The Labute approximate surface area is 143 Å². The minimum atomic E-state index is -2.96. The van der Waals surface area contributed by atoms with Gasteiger partial charge in [-0.2, -0.15) is 0 Å². The molecule has 0 saturated carbocycles. The lowest BCUT2D eigenvalue weighted by atomic mass is 10.1. The van der Waals surface area contributed by atoms with Crippen molar-refractivity contribution in [2.45, 2.75) is 12.8 Å². The number of nitrogens with one attached hydrogen (secondary N) is 3. The molecule has 0 aliphatic carbocycles. The molecule has 1 saturated heterocycles. The van der Waals surface area contributed by atoms with Crippen LogP contribution in [-0.2, 0) is 14.6 Å². The number of carbonyl (C=O) groups is 1. The van der Waals surface area contributed by atoms with Crippen molar-refractivity contribution < 1.29 is 13.2 Å². The van der Waals surface area contributed by atoms with Gasteiger partial charge < -0.3 is 5.32 Å². The van der Waals surface area contributed by atoms with Crippen LogP contribution in [0.15, 0.2) is 28.7 Å². The van der Waals surface area contributed by atoms with Gasteiger partial charge in [0, 0.05) is 16.6 Å². The fourth-order valence-corrected chi connectivity index (χ4v) is 4.63. The van der Waals surface area contributed by atoms with Crippen LogP contribution in [0.4, 0.5) is 5.69 Å². The van der Waals surface area contributed by atoms with E-state index >= 15 is 0 Å². The van der Waals surface area contributed by atoms with Crippen LogP contribution < -0.4 is 16.2 Å². The van der Waals surface area contributed by atoms with Crippen molar-refractivity contribution >= 4 is 54.7 Å². The molecule has 9 heteroatoms. The van der Waals surface area contributed by atoms with Gasteiger partial charge >= 0.3 is 0 Å². The SMILES string of the molecule is O=C(C[C@H]1CCS(=O)(=O)C1)NNC(=S)Nc1cccc(Br)c1. The van der Waals surface area contributed by atoms with Crippen molar-refractivity contribution in [1.82, 2.24) is 10.9 Å². The highest BCUT2D eigenvalue weighted by Crippen LogP contribution is 2.21. The highest BCUT2D eigenvalue weighted by atomic mass is 79.9. The van der Waals surface area contributed by atoms with E-state index < -0.39 is 9.84 Å². The molecule has 6 nitrogen and oxygen atoms in total. The van der Waals surface area contributed by atoms with Gasteiger partial charge in [0.1, 0.15) is 0 Å². The summed E-state index contributed by atoms with van der Waals surface area (Å²) in [7, 11) is -2.96. The second kappa shape index (κ2) is 7.38. The topological polar surface area (TPSA) is 87.3 Å². The van der Waals surface area contributed by atoms with E-state index in [9.17, 15) is 13.2 Å². The van der Waals surface area contributed by atoms with Gasteiger partial charge in [0.05, 0.1) is 11.5 Å². The Morgan fingerprint density at radius 3 is 2.77 bits per heavy atom. The number of rotatable bonds is 3. The lowest BCUT2D eigenvalue weighted by Crippen LogP contribution is -2.44. The first-order valence-corrected chi connectivity index (χ1v) is 9.68. The molecule has 0 bridgehead atoms. The van der Waals surface area contributed by atoms with Gasteiger partial charge in [-0.05, 0) is 42.8 Å². The summed E-state index contributed by atoms with van der Waals surface area (Å²) in [5.74, 6) is -0.138. The van der Waals surface area contributed by atoms with E-state index in [0.717, 1.165) is 10.2 Å². The van der Waals surface area contributed by atoms with Crippen LogP contribution in [-0.4, -0.2) is 30.9 Å². The molecule has 1 amide bonds. The number of carbonyl (C=O) groups excluding carboxylic acids is 1. The molecule has 0 radical (unpaired) electrons. The summed E-state index contributed by atoms with van der Waals surface area (Å²) < 4.78 is 23.6. The standard InChI is InChI=1S/C13H16BrN3O3S2/c14-10-2-1-3-11(7-10)15-13(21)17-16-12(18)6-9-4-5-22(19,20)8-9/h1-3,7,9H,4-6,8H2,(H,16,18)(H2,15,17,21)/t9-/m1/s1. The van der Waals surface area contributed by atoms with Crippen molar-refractivity contribution in [2.75, 3.05) is 16.8 Å². The van der Waals surface area contributed by atoms with E-state index in [-0.39, 0.29) is 34.9 Å². The summed E-state index contributed by atoms with van der Waals surface area (Å²) in [4.78, 5) is 11.8. The third kappa shape index (κ3) is 5.54. The van der Waals surface area contributed by atoms with Gasteiger partial charge in [0.25, 0.3) is 0 Å². The van der Waals surface area contributed by atoms with Crippen LogP contribution in [0.5, 0.6) is 0 Å². The molecule has 0 spiro atoms. The molecule has 1 aromatic rings. The quantitative estimate of drug-likeness (QED) is 0.522. The van der Waals surface area contributed by atoms with E-state index in [2.05, 4.69) is 32.1 Å². The van der Waals surface area contributed by atoms with Gasteiger partial charge in [-0.25, -0.2) is 8.42 Å². The summed E-state index contributed by atoms with van der Waals surface area (Å²) in [6.45, 7) is 0. The molecule has 1 aliphatic heterocycles. The Morgan fingerprint density at radius 2 is 2.14 bits per heavy atom. The summed E-state index contributed by atoms with van der Waals surface area (Å²) >= 11 is 8.42. The van der Waals surface area contributed by atoms with Crippen LogP contribution in [0.25, 0.3) is 0 Å². The molecule has 22 heavy (non-hydrogen) atoms. The van der Waals surface area contributed by atoms with E-state index in [4.69, 9.17) is 12.2 Å². The molecular weight excluding hydrogens is 390 g/mol. The lowest BCUT2D eigenvalue weighted by molar-refractivity contribution is -0.122. The number of sulfone groups is 1. The van der Waals surface area contributed by atoms with E-state index in [0.29, 0.717) is 6.42 Å². The molecule has 1 aromatic carbocycles. The first kappa shape index (κ1) is 17.2. The van der Waals surface area contributed by atoms with Crippen LogP contribution in [0.3, 0.4) is 0 Å². The number of amides is 1. The smallest absolute Gasteiger partial charge is 0.238 e. The van der Waals surface area contributed by atoms with E-state index in [1.165, 1.54) is 0 Å². The lowest BCUT2D eigenvalue weighted by Gasteiger charge is -2.13. The first-order chi connectivity index (χ1) is 10.3. The fourth-order valence-electron chi connectivity index (χ4n) is 2.20. The average Bonchev–Trinajstić information content (AvgIpc) is 2.75. The van der Waals surface area contributed by atoms with Crippen molar-refractivity contribution in [3.8, 4) is 0 Å². The maximum absolute atomic E-state index is 11.8. The predicted octanol–water partition coefficient (Wildman–Crippen LogP) is 1.59. The number of hydrazine groups is 1. The van der Waals surface area contributed by atoms with Crippen LogP contribution in [0.1, 0.15) is 12.8 Å². The first-order valence-electron chi connectivity index (χ1n) is 6.66. The van der Waals surface area contributed by atoms with Gasteiger partial charge in [-0.3, -0.25) is 15.6 Å². The molecule has 1 aliphatic rings. The molecule has 1 atom stereocenters. The summed E-state index contributed by atoms with van der Waals surface area (Å²) in [5, 5.41) is 3.18. The monoisotopic (exact) mass is 405 g/mol. The highest BCUT2D eigenvalue weighted by molar-refractivity contribution is 9.10. The molecule has 120 valence electrons. The maximum atomic E-state index is 11.8. The second-order valence-corrected chi connectivity index (χ2v) is 8.66. The normalized spacial score (nSPS) is 19.4. The Balaban J connectivity index is 1.73. The molecular formula is C13H16BrN3O3S2. The zero-order chi connectivity index (χ0) is 16.2. The Bertz CT molecular complexity index is 679. The Hall–Kier alpha value is -1.19. The Kier molecular flexibility index (Phi) is 5.76. The van der Waals surface area contributed by atoms with Crippen LogP contribution in [0.2, 0.25) is 0 Å². The van der Waals surface area contributed by atoms with Crippen molar-refractivity contribution in [1.29, 1.82) is 0 Å². The summed E-state index contributed by atoms with van der Waals surface area (Å²) in [6, 6.07) is 7.43. The second-order valence-electron chi connectivity index (χ2n) is 5.11. The third-order valence-electron chi connectivity index (χ3n) is 3.20. The van der Waals surface area contributed by atoms with Crippen LogP contribution in [0, 0.1) is 5.92 Å². The third-order valence-corrected chi connectivity index (χ3v) is 5.73. The predicted molar refractivity (Wildman–Crippen MR) is 93.0 cm³/mol. The molecule has 0 aromatic heterocycles. The number of benzene rings is 1. The molecule has 0 unspecified atom stereocenters. The molecule has 3 N–H and O–H groups in total. The summed E-state index contributed by atoms with van der Waals surface area (Å²) in [6.07, 6.45) is 0.711. The van der Waals surface area contributed by atoms with E-state index in [1.807, 2.05) is 24.3 Å². The fraction of sp³-hybridized carbons (Fsp3) is 0.385. The number of anilines is 1. The molecule has 2 rings (SSSR count). The van der Waals surface area contributed by atoms with Crippen molar-refractivity contribution in [3.63, 3.8) is 0 Å².